The van der Waals surface area contributed by atoms with Gasteiger partial charge in [-0.25, -0.2) is 8.42 Å². The summed E-state index contributed by atoms with van der Waals surface area (Å²) < 4.78 is 32.1. The monoisotopic (exact) mass is 354 g/mol. The number of hydrogen-bond donors (Lipinski definition) is 0. The molecule has 1 aliphatic rings. The molecule has 25 heavy (non-hydrogen) atoms. The molecule has 0 amide bonds. The third-order valence-electron chi connectivity index (χ3n) is 4.11. The van der Waals surface area contributed by atoms with Crippen molar-refractivity contribution in [2.24, 2.45) is 0 Å². The number of hydrogen-bond acceptors (Lipinski definition) is 3. The fourth-order valence-corrected chi connectivity index (χ4v) is 4.46. The SMILES string of the molecule is Cc1ccc(S(=O)(=O)C2=CC(C)(C)OC2/C=C/c2ccccc2)cc1. The van der Waals surface area contributed by atoms with Crippen LogP contribution in [0.5, 0.6) is 0 Å². The lowest BCUT2D eigenvalue weighted by atomic mass is 10.1. The van der Waals surface area contributed by atoms with E-state index in [0.717, 1.165) is 11.1 Å². The van der Waals surface area contributed by atoms with Gasteiger partial charge in [0.1, 0.15) is 6.10 Å². The van der Waals surface area contributed by atoms with Crippen LogP contribution in [0.15, 0.2) is 76.5 Å². The van der Waals surface area contributed by atoms with Crippen molar-refractivity contribution in [3.63, 3.8) is 0 Å². The summed E-state index contributed by atoms with van der Waals surface area (Å²) in [5.41, 5.74) is 1.40. The first kappa shape index (κ1) is 17.6. The van der Waals surface area contributed by atoms with E-state index in [1.54, 1.807) is 18.2 Å². The summed E-state index contributed by atoms with van der Waals surface area (Å²) in [4.78, 5) is 0.595. The van der Waals surface area contributed by atoms with Crippen molar-refractivity contribution in [2.45, 2.75) is 37.4 Å². The maximum absolute atomic E-state index is 13.1. The Morgan fingerprint density at radius 2 is 1.64 bits per heavy atom. The number of sulfone groups is 1. The molecule has 0 saturated carbocycles. The smallest absolute Gasteiger partial charge is 0.205 e. The average Bonchev–Trinajstić information content (AvgIpc) is 2.90. The summed E-state index contributed by atoms with van der Waals surface area (Å²) in [6, 6.07) is 16.7. The van der Waals surface area contributed by atoms with Crippen LogP contribution in [-0.2, 0) is 14.6 Å². The quantitative estimate of drug-likeness (QED) is 0.809. The Hall–Kier alpha value is -2.17. The first-order valence-electron chi connectivity index (χ1n) is 8.23. The molecule has 0 aliphatic carbocycles. The molecule has 0 N–H and O–H groups in total. The summed E-state index contributed by atoms with van der Waals surface area (Å²) in [5, 5.41) is 0. The lowest BCUT2D eigenvalue weighted by Gasteiger charge is -2.18. The molecule has 1 heterocycles. The topological polar surface area (TPSA) is 43.4 Å². The number of benzene rings is 2. The highest BCUT2D eigenvalue weighted by atomic mass is 32.2. The Labute approximate surface area is 149 Å². The van der Waals surface area contributed by atoms with Gasteiger partial charge in [-0.05, 0) is 44.5 Å². The van der Waals surface area contributed by atoms with E-state index < -0.39 is 21.5 Å². The molecule has 3 rings (SSSR count). The third kappa shape index (κ3) is 3.91. The number of ether oxygens (including phenoxy) is 1. The van der Waals surface area contributed by atoms with E-state index in [1.807, 2.05) is 75.4 Å². The van der Waals surface area contributed by atoms with Crippen molar-refractivity contribution >= 4 is 15.9 Å². The van der Waals surface area contributed by atoms with Gasteiger partial charge in [0.2, 0.25) is 9.84 Å². The highest BCUT2D eigenvalue weighted by molar-refractivity contribution is 7.95. The zero-order valence-electron chi connectivity index (χ0n) is 14.6. The third-order valence-corrected chi connectivity index (χ3v) is 5.97. The lowest BCUT2D eigenvalue weighted by molar-refractivity contribution is 0.0226. The first-order chi connectivity index (χ1) is 11.8. The zero-order valence-corrected chi connectivity index (χ0v) is 15.5. The summed E-state index contributed by atoms with van der Waals surface area (Å²) in [5.74, 6) is 0. The lowest BCUT2D eigenvalue weighted by Crippen LogP contribution is -2.21. The van der Waals surface area contributed by atoms with Crippen LogP contribution in [0.4, 0.5) is 0 Å². The van der Waals surface area contributed by atoms with E-state index in [9.17, 15) is 8.42 Å². The minimum absolute atomic E-state index is 0.295. The highest BCUT2D eigenvalue weighted by Gasteiger charge is 2.38. The minimum Gasteiger partial charge on any atom is -0.359 e. The van der Waals surface area contributed by atoms with Gasteiger partial charge in [-0.3, -0.25) is 0 Å². The fraction of sp³-hybridized carbons (Fsp3) is 0.238. The second-order valence-electron chi connectivity index (χ2n) is 6.77. The van der Waals surface area contributed by atoms with Crippen molar-refractivity contribution in [2.75, 3.05) is 0 Å². The zero-order chi connectivity index (χ0) is 18.1. The summed E-state index contributed by atoms with van der Waals surface area (Å²) in [6.07, 6.45) is 4.82. The molecule has 4 heteroatoms. The standard InChI is InChI=1S/C21H22O3S/c1-16-9-12-18(13-10-16)25(22,23)20-15-21(2,3)24-19(20)14-11-17-7-5-4-6-8-17/h4-15,19H,1-3H3/b14-11+. The Morgan fingerprint density at radius 3 is 2.28 bits per heavy atom. The first-order valence-corrected chi connectivity index (χ1v) is 9.72. The Balaban J connectivity index is 1.96. The fourth-order valence-electron chi connectivity index (χ4n) is 2.82. The van der Waals surface area contributed by atoms with Gasteiger partial charge in [0.15, 0.2) is 0 Å². The van der Waals surface area contributed by atoms with Crippen LogP contribution in [0.3, 0.4) is 0 Å². The van der Waals surface area contributed by atoms with Crippen LogP contribution in [0.25, 0.3) is 6.08 Å². The molecule has 2 aromatic rings. The highest BCUT2D eigenvalue weighted by Crippen LogP contribution is 2.35. The van der Waals surface area contributed by atoms with Crippen molar-refractivity contribution in [3.8, 4) is 0 Å². The second kappa shape index (κ2) is 6.62. The van der Waals surface area contributed by atoms with E-state index in [1.165, 1.54) is 0 Å². The Kier molecular flexibility index (Phi) is 4.67. The predicted octanol–water partition coefficient (Wildman–Crippen LogP) is 4.54. The molecule has 2 aromatic carbocycles. The number of rotatable bonds is 4. The Bertz CT molecular complexity index is 905. The van der Waals surface area contributed by atoms with Crippen molar-refractivity contribution in [1.82, 2.24) is 0 Å². The second-order valence-corrected chi connectivity index (χ2v) is 8.72. The summed E-state index contributed by atoms with van der Waals surface area (Å²) >= 11 is 0. The summed E-state index contributed by atoms with van der Waals surface area (Å²) in [7, 11) is -3.60. The normalized spacial score (nSPS) is 20.0. The van der Waals surface area contributed by atoms with Gasteiger partial charge >= 0.3 is 0 Å². The van der Waals surface area contributed by atoms with E-state index in [-0.39, 0.29) is 0 Å². The van der Waals surface area contributed by atoms with Crippen LogP contribution in [0, 0.1) is 6.92 Å². The summed E-state index contributed by atoms with van der Waals surface area (Å²) in [6.45, 7) is 5.67. The van der Waals surface area contributed by atoms with Gasteiger partial charge in [0.05, 0.1) is 15.4 Å². The van der Waals surface area contributed by atoms with Crippen LogP contribution >= 0.6 is 0 Å². The molecule has 0 aromatic heterocycles. The molecule has 0 radical (unpaired) electrons. The largest absolute Gasteiger partial charge is 0.359 e. The molecular formula is C21H22O3S. The van der Waals surface area contributed by atoms with Gasteiger partial charge in [-0.1, -0.05) is 60.2 Å². The van der Waals surface area contributed by atoms with E-state index in [4.69, 9.17) is 4.74 Å². The molecule has 1 atom stereocenters. The van der Waals surface area contributed by atoms with E-state index in [0.29, 0.717) is 9.80 Å². The van der Waals surface area contributed by atoms with Gasteiger partial charge in [-0.15, -0.1) is 0 Å². The van der Waals surface area contributed by atoms with Crippen molar-refractivity contribution < 1.29 is 13.2 Å². The van der Waals surface area contributed by atoms with Crippen LogP contribution in [0.2, 0.25) is 0 Å². The van der Waals surface area contributed by atoms with Gasteiger partial charge in [0, 0.05) is 0 Å². The van der Waals surface area contributed by atoms with Crippen molar-refractivity contribution in [3.05, 3.63) is 82.8 Å². The predicted molar refractivity (Wildman–Crippen MR) is 101 cm³/mol. The van der Waals surface area contributed by atoms with Crippen LogP contribution in [-0.4, -0.2) is 20.1 Å². The minimum atomic E-state index is -3.60. The van der Waals surface area contributed by atoms with E-state index >= 15 is 0 Å². The molecule has 130 valence electrons. The van der Waals surface area contributed by atoms with Gasteiger partial charge < -0.3 is 4.74 Å². The number of aryl methyl sites for hydroxylation is 1. The van der Waals surface area contributed by atoms with Crippen LogP contribution in [0.1, 0.15) is 25.0 Å². The van der Waals surface area contributed by atoms with E-state index in [2.05, 4.69) is 0 Å². The van der Waals surface area contributed by atoms with Gasteiger partial charge in [0.25, 0.3) is 0 Å². The molecular weight excluding hydrogens is 332 g/mol. The molecule has 1 aliphatic heterocycles. The maximum atomic E-state index is 13.1. The Morgan fingerprint density at radius 1 is 1.00 bits per heavy atom. The average molecular weight is 354 g/mol. The molecule has 0 bridgehead atoms. The van der Waals surface area contributed by atoms with Crippen molar-refractivity contribution in [1.29, 1.82) is 0 Å². The van der Waals surface area contributed by atoms with Gasteiger partial charge in [-0.2, -0.15) is 0 Å². The molecule has 1 unspecified atom stereocenters. The molecule has 0 spiro atoms. The molecule has 0 saturated heterocycles. The maximum Gasteiger partial charge on any atom is 0.205 e. The molecule has 0 fully saturated rings. The molecule has 3 nitrogen and oxygen atoms in total. The van der Waals surface area contributed by atoms with Crippen LogP contribution < -0.4 is 0 Å².